The van der Waals surface area contributed by atoms with Crippen LogP contribution in [0, 0.1) is 5.92 Å². The van der Waals surface area contributed by atoms with E-state index >= 15 is 0 Å². The minimum atomic E-state index is -3.93. The van der Waals surface area contributed by atoms with Gasteiger partial charge in [0.25, 0.3) is 0 Å². The molecular weight excluding hydrogens is 475 g/mol. The minimum absolute atomic E-state index is 0.212. The SMILES string of the molecule is NC(Cc1ccccc1)P(=O)(O)CC(Cc1ccccc1)C(=O)NC(CC(=O)O)Cc1ccccc1. The van der Waals surface area contributed by atoms with Gasteiger partial charge in [0.15, 0.2) is 0 Å². The van der Waals surface area contributed by atoms with Gasteiger partial charge in [-0.25, -0.2) is 0 Å². The maximum atomic E-state index is 13.4. The number of hydrogen-bond acceptors (Lipinski definition) is 4. The van der Waals surface area contributed by atoms with Gasteiger partial charge < -0.3 is 21.1 Å². The molecule has 190 valence electrons. The molecule has 8 heteroatoms. The highest BCUT2D eigenvalue weighted by atomic mass is 31.2. The second kappa shape index (κ2) is 13.2. The summed E-state index contributed by atoms with van der Waals surface area (Å²) in [5, 5.41) is 12.2. The molecule has 3 aromatic rings. The number of rotatable bonds is 13. The third-order valence-corrected chi connectivity index (χ3v) is 8.26. The molecule has 0 heterocycles. The van der Waals surface area contributed by atoms with Crippen LogP contribution in [0.2, 0.25) is 0 Å². The summed E-state index contributed by atoms with van der Waals surface area (Å²) >= 11 is 0. The summed E-state index contributed by atoms with van der Waals surface area (Å²) in [6.07, 6.45) is 0.224. The number of carbonyl (C=O) groups is 2. The summed E-state index contributed by atoms with van der Waals surface area (Å²) in [5.41, 5.74) is 8.74. The Morgan fingerprint density at radius 2 is 1.22 bits per heavy atom. The fourth-order valence-electron chi connectivity index (χ4n) is 4.19. The van der Waals surface area contributed by atoms with Gasteiger partial charge in [-0.1, -0.05) is 91.0 Å². The van der Waals surface area contributed by atoms with Crippen molar-refractivity contribution in [1.29, 1.82) is 0 Å². The van der Waals surface area contributed by atoms with E-state index in [9.17, 15) is 24.2 Å². The molecule has 3 aromatic carbocycles. The first-order valence-corrected chi connectivity index (χ1v) is 13.9. The molecule has 0 saturated heterocycles. The summed E-state index contributed by atoms with van der Waals surface area (Å²) in [7, 11) is -3.93. The third-order valence-electron chi connectivity index (χ3n) is 6.08. The molecule has 36 heavy (non-hydrogen) atoms. The number of amides is 1. The Balaban J connectivity index is 1.78. The quantitative estimate of drug-likeness (QED) is 0.260. The maximum Gasteiger partial charge on any atom is 0.305 e. The van der Waals surface area contributed by atoms with E-state index in [4.69, 9.17) is 5.73 Å². The van der Waals surface area contributed by atoms with Gasteiger partial charge >= 0.3 is 5.97 Å². The van der Waals surface area contributed by atoms with Crippen LogP contribution in [0.4, 0.5) is 0 Å². The van der Waals surface area contributed by atoms with E-state index in [0.717, 1.165) is 16.7 Å². The van der Waals surface area contributed by atoms with Gasteiger partial charge in [-0.3, -0.25) is 14.2 Å². The van der Waals surface area contributed by atoms with E-state index in [1.807, 2.05) is 91.0 Å². The third kappa shape index (κ3) is 8.76. The standard InChI is InChI=1S/C28H33N2O5P/c29-26(18-23-14-8-3-9-15-23)36(34,35)20-24(16-21-10-4-1-5-11-21)28(33)30-25(19-27(31)32)17-22-12-6-2-7-13-22/h1-15,24-26H,16-20,29H2,(H,30,33)(H,31,32)(H,34,35). The predicted molar refractivity (Wildman–Crippen MR) is 141 cm³/mol. The number of nitrogens with two attached hydrogens (primary N) is 1. The van der Waals surface area contributed by atoms with Gasteiger partial charge in [-0.15, -0.1) is 0 Å². The monoisotopic (exact) mass is 508 g/mol. The molecule has 0 radical (unpaired) electrons. The summed E-state index contributed by atoms with van der Waals surface area (Å²) in [4.78, 5) is 35.8. The summed E-state index contributed by atoms with van der Waals surface area (Å²) < 4.78 is 13.3. The average molecular weight is 509 g/mol. The van der Waals surface area contributed by atoms with E-state index < -0.39 is 37.0 Å². The Labute approximate surface area is 211 Å². The lowest BCUT2D eigenvalue weighted by Crippen LogP contribution is -2.43. The first-order chi connectivity index (χ1) is 17.2. The smallest absolute Gasteiger partial charge is 0.305 e. The van der Waals surface area contributed by atoms with Gasteiger partial charge in [-0.05, 0) is 36.0 Å². The zero-order valence-corrected chi connectivity index (χ0v) is 21.0. The highest BCUT2D eigenvalue weighted by molar-refractivity contribution is 7.58. The molecule has 0 aliphatic heterocycles. The Morgan fingerprint density at radius 1 is 0.778 bits per heavy atom. The lowest BCUT2D eigenvalue weighted by molar-refractivity contribution is -0.137. The predicted octanol–water partition coefficient (Wildman–Crippen LogP) is 3.85. The van der Waals surface area contributed by atoms with Gasteiger partial charge in [-0.2, -0.15) is 0 Å². The van der Waals surface area contributed by atoms with Crippen molar-refractivity contribution in [2.75, 3.05) is 6.16 Å². The van der Waals surface area contributed by atoms with Crippen LogP contribution < -0.4 is 11.1 Å². The summed E-state index contributed by atoms with van der Waals surface area (Å²) in [6, 6.07) is 27.1. The summed E-state index contributed by atoms with van der Waals surface area (Å²) in [6.45, 7) is 0. The van der Waals surface area contributed by atoms with Gasteiger partial charge in [0.2, 0.25) is 13.3 Å². The number of nitrogens with one attached hydrogen (secondary N) is 1. The first kappa shape index (κ1) is 27.3. The van der Waals surface area contributed by atoms with Gasteiger partial charge in [0.05, 0.1) is 18.1 Å². The van der Waals surface area contributed by atoms with Crippen molar-refractivity contribution >= 4 is 19.2 Å². The highest BCUT2D eigenvalue weighted by Crippen LogP contribution is 2.47. The lowest BCUT2D eigenvalue weighted by Gasteiger charge is -2.26. The Bertz CT molecular complexity index is 1160. The molecule has 7 nitrogen and oxygen atoms in total. The fourth-order valence-corrected chi connectivity index (χ4v) is 5.88. The maximum absolute atomic E-state index is 13.4. The number of carboxylic acid groups (broad SMARTS) is 1. The number of hydrogen-bond donors (Lipinski definition) is 4. The molecule has 4 unspecified atom stereocenters. The van der Waals surface area contributed by atoms with E-state index in [1.54, 1.807) is 0 Å². The van der Waals surface area contributed by atoms with Gasteiger partial charge in [0.1, 0.15) is 0 Å². The van der Waals surface area contributed by atoms with Crippen LogP contribution in [0.1, 0.15) is 23.1 Å². The fraction of sp³-hybridized carbons (Fsp3) is 0.286. The second-order valence-corrected chi connectivity index (χ2v) is 11.6. The van der Waals surface area contributed by atoms with Crippen molar-refractivity contribution in [2.45, 2.75) is 37.5 Å². The zero-order chi connectivity index (χ0) is 26.0. The topological polar surface area (TPSA) is 130 Å². The Kier molecular flexibility index (Phi) is 10.00. The first-order valence-electron chi connectivity index (χ1n) is 11.9. The molecule has 4 atom stereocenters. The normalized spacial score (nSPS) is 15.3. The molecule has 0 aromatic heterocycles. The minimum Gasteiger partial charge on any atom is -0.481 e. The van der Waals surface area contributed by atoms with Crippen LogP contribution in [0.25, 0.3) is 0 Å². The van der Waals surface area contributed by atoms with E-state index in [1.165, 1.54) is 0 Å². The number of carbonyl (C=O) groups excluding carboxylic acids is 1. The molecule has 0 spiro atoms. The van der Waals surface area contributed by atoms with E-state index in [0.29, 0.717) is 6.42 Å². The van der Waals surface area contributed by atoms with Crippen LogP contribution >= 0.6 is 7.37 Å². The molecule has 0 bridgehead atoms. The van der Waals surface area contributed by atoms with E-state index in [2.05, 4.69) is 5.32 Å². The number of aliphatic carboxylic acids is 1. The van der Waals surface area contributed by atoms with Crippen molar-refractivity contribution in [3.05, 3.63) is 108 Å². The van der Waals surface area contributed by atoms with Crippen LogP contribution in [-0.2, 0) is 33.4 Å². The second-order valence-electron chi connectivity index (χ2n) is 9.08. The summed E-state index contributed by atoms with van der Waals surface area (Å²) in [5.74, 6) is -3.36. The molecular formula is C28H33N2O5P. The Morgan fingerprint density at radius 3 is 1.69 bits per heavy atom. The van der Waals surface area contributed by atoms with Crippen molar-refractivity contribution in [3.8, 4) is 0 Å². The molecule has 0 aliphatic rings. The highest BCUT2D eigenvalue weighted by Gasteiger charge is 2.35. The average Bonchev–Trinajstić information content (AvgIpc) is 2.85. The van der Waals surface area contributed by atoms with Crippen LogP contribution in [0.3, 0.4) is 0 Å². The van der Waals surface area contributed by atoms with Crippen LogP contribution in [0.5, 0.6) is 0 Å². The van der Waals surface area contributed by atoms with Crippen molar-refractivity contribution < 1.29 is 24.2 Å². The molecule has 0 fully saturated rings. The molecule has 1 amide bonds. The number of carboxylic acids is 1. The Hall–Kier alpha value is -3.25. The van der Waals surface area contributed by atoms with Crippen molar-refractivity contribution in [1.82, 2.24) is 5.32 Å². The molecule has 0 aliphatic carbocycles. The zero-order valence-electron chi connectivity index (χ0n) is 20.1. The molecule has 5 N–H and O–H groups in total. The molecule has 0 saturated carbocycles. The van der Waals surface area contributed by atoms with E-state index in [-0.39, 0.29) is 25.4 Å². The van der Waals surface area contributed by atoms with Gasteiger partial charge in [0, 0.05) is 12.2 Å². The van der Waals surface area contributed by atoms with Crippen LogP contribution in [0.15, 0.2) is 91.0 Å². The lowest BCUT2D eigenvalue weighted by atomic mass is 9.98. The molecule has 3 rings (SSSR count). The van der Waals surface area contributed by atoms with Crippen LogP contribution in [-0.4, -0.2) is 39.9 Å². The largest absolute Gasteiger partial charge is 0.481 e. The van der Waals surface area contributed by atoms with Crippen molar-refractivity contribution in [3.63, 3.8) is 0 Å². The number of benzene rings is 3. The van der Waals surface area contributed by atoms with Crippen molar-refractivity contribution in [2.24, 2.45) is 11.7 Å².